The zero-order chi connectivity index (χ0) is 14.8. The third kappa shape index (κ3) is 1.37. The largest absolute Gasteiger partial charge is 0.0616 e. The first kappa shape index (κ1) is 12.0. The Morgan fingerprint density at radius 2 is 1.27 bits per heavy atom. The van der Waals surface area contributed by atoms with Crippen molar-refractivity contribution < 1.29 is 0 Å². The number of hydrogen-bond acceptors (Lipinski definition) is 0. The molecule has 3 aromatic carbocycles. The molecular formula is C22H16. The molecule has 0 amide bonds. The lowest BCUT2D eigenvalue weighted by Gasteiger charge is -2.07. The van der Waals surface area contributed by atoms with Gasteiger partial charge in [0.2, 0.25) is 0 Å². The van der Waals surface area contributed by atoms with Crippen molar-refractivity contribution in [1.29, 1.82) is 0 Å². The third-order valence-corrected chi connectivity index (χ3v) is 5.20. The minimum atomic E-state index is 1.34. The van der Waals surface area contributed by atoms with E-state index < -0.39 is 0 Å². The van der Waals surface area contributed by atoms with E-state index >= 15 is 0 Å². The summed E-state index contributed by atoms with van der Waals surface area (Å²) in [6.45, 7) is 4.42. The predicted octanol–water partition coefficient (Wildman–Crippen LogP) is 3.92. The van der Waals surface area contributed by atoms with Gasteiger partial charge in [-0.15, -0.1) is 0 Å². The molecule has 3 aromatic rings. The molecule has 0 heteroatoms. The van der Waals surface area contributed by atoms with Gasteiger partial charge in [0, 0.05) is 0 Å². The van der Waals surface area contributed by atoms with Crippen molar-refractivity contribution in [1.82, 2.24) is 0 Å². The topological polar surface area (TPSA) is 0 Å². The van der Waals surface area contributed by atoms with E-state index in [0.29, 0.717) is 0 Å². The third-order valence-electron chi connectivity index (χ3n) is 5.20. The smallest absolute Gasteiger partial charge is 0.00925 e. The maximum Gasteiger partial charge on any atom is -0.00925 e. The molecule has 0 spiro atoms. The molecule has 0 saturated carbocycles. The van der Waals surface area contributed by atoms with Crippen molar-refractivity contribution in [3.63, 3.8) is 0 Å². The highest BCUT2D eigenvalue weighted by Gasteiger charge is 2.19. The lowest BCUT2D eigenvalue weighted by atomic mass is 9.97. The molecule has 0 aliphatic heterocycles. The molecule has 104 valence electrons. The summed E-state index contributed by atoms with van der Waals surface area (Å²) in [5.41, 5.74) is 11.0. The van der Waals surface area contributed by atoms with E-state index in [1.54, 1.807) is 0 Å². The summed E-state index contributed by atoms with van der Waals surface area (Å²) in [7, 11) is 0. The van der Waals surface area contributed by atoms with Gasteiger partial charge in [-0.25, -0.2) is 0 Å². The Morgan fingerprint density at radius 1 is 0.591 bits per heavy atom. The van der Waals surface area contributed by atoms with E-state index in [2.05, 4.69) is 74.5 Å². The summed E-state index contributed by atoms with van der Waals surface area (Å²) in [6, 6.07) is 17.8. The Bertz CT molecular complexity index is 1080. The maximum atomic E-state index is 2.38. The van der Waals surface area contributed by atoms with Crippen LogP contribution in [0.15, 0.2) is 48.5 Å². The van der Waals surface area contributed by atoms with Crippen LogP contribution >= 0.6 is 0 Å². The normalized spacial score (nSPS) is 12.8. The predicted molar refractivity (Wildman–Crippen MR) is 93.2 cm³/mol. The van der Waals surface area contributed by atoms with Crippen LogP contribution in [-0.4, -0.2) is 0 Å². The number of rotatable bonds is 0. The molecule has 0 fully saturated rings. The minimum Gasteiger partial charge on any atom is -0.0616 e. The molecule has 22 heavy (non-hydrogen) atoms. The summed E-state index contributed by atoms with van der Waals surface area (Å²) in [4.78, 5) is 0. The summed E-state index contributed by atoms with van der Waals surface area (Å²) in [5.74, 6) is 0. The lowest BCUT2D eigenvalue weighted by Crippen LogP contribution is -2.25. The lowest BCUT2D eigenvalue weighted by molar-refractivity contribution is 1.33. The van der Waals surface area contributed by atoms with Crippen molar-refractivity contribution in [3.8, 4) is 22.3 Å². The second-order valence-electron chi connectivity index (χ2n) is 6.33. The Hall–Kier alpha value is -2.60. The van der Waals surface area contributed by atoms with Crippen LogP contribution in [0.1, 0.15) is 22.3 Å². The molecule has 0 atom stereocenters. The van der Waals surface area contributed by atoms with Gasteiger partial charge in [-0.3, -0.25) is 0 Å². The Balaban J connectivity index is 1.91. The number of benzene rings is 3. The van der Waals surface area contributed by atoms with Crippen LogP contribution in [0, 0.1) is 13.8 Å². The fourth-order valence-electron chi connectivity index (χ4n) is 3.84. The first-order valence-electron chi connectivity index (χ1n) is 7.80. The maximum absolute atomic E-state index is 2.38. The van der Waals surface area contributed by atoms with Gasteiger partial charge in [0.1, 0.15) is 0 Å². The molecule has 2 aliphatic rings. The first-order valence-corrected chi connectivity index (χ1v) is 7.80. The monoisotopic (exact) mass is 280 g/mol. The van der Waals surface area contributed by atoms with Crippen LogP contribution in [0.3, 0.4) is 0 Å². The van der Waals surface area contributed by atoms with E-state index in [4.69, 9.17) is 0 Å². The summed E-state index contributed by atoms with van der Waals surface area (Å²) in [5, 5.41) is 2.77. The van der Waals surface area contributed by atoms with Crippen molar-refractivity contribution in [2.75, 3.05) is 0 Å². The summed E-state index contributed by atoms with van der Waals surface area (Å²) in [6.07, 6.45) is 4.72. The van der Waals surface area contributed by atoms with E-state index in [0.717, 1.165) is 0 Å². The molecular weight excluding hydrogens is 264 g/mol. The van der Waals surface area contributed by atoms with Crippen molar-refractivity contribution >= 4 is 12.2 Å². The number of hydrogen-bond donors (Lipinski definition) is 0. The van der Waals surface area contributed by atoms with Crippen LogP contribution in [-0.2, 0) is 0 Å². The van der Waals surface area contributed by atoms with E-state index in [-0.39, 0.29) is 0 Å². The zero-order valence-electron chi connectivity index (χ0n) is 12.8. The van der Waals surface area contributed by atoms with Crippen molar-refractivity contribution in [2.45, 2.75) is 13.8 Å². The van der Waals surface area contributed by atoms with Gasteiger partial charge in [-0.2, -0.15) is 0 Å². The van der Waals surface area contributed by atoms with Crippen LogP contribution < -0.4 is 10.4 Å². The molecule has 0 nitrogen and oxygen atoms in total. The van der Waals surface area contributed by atoms with Gasteiger partial charge in [-0.05, 0) is 80.9 Å². The molecule has 0 unspecified atom stereocenters. The van der Waals surface area contributed by atoms with Crippen LogP contribution in [0.25, 0.3) is 34.4 Å². The van der Waals surface area contributed by atoms with E-state index in [1.807, 2.05) is 0 Å². The van der Waals surface area contributed by atoms with Gasteiger partial charge in [0.05, 0.1) is 0 Å². The molecule has 2 aliphatic carbocycles. The highest BCUT2D eigenvalue weighted by Crippen LogP contribution is 2.32. The highest BCUT2D eigenvalue weighted by molar-refractivity contribution is 5.90. The molecule has 0 N–H and O–H groups in total. The Labute approximate surface area is 130 Å². The van der Waals surface area contributed by atoms with Gasteiger partial charge >= 0.3 is 0 Å². The molecule has 0 saturated heterocycles. The zero-order valence-corrected chi connectivity index (χ0v) is 12.8. The second-order valence-corrected chi connectivity index (χ2v) is 6.33. The van der Waals surface area contributed by atoms with Crippen LogP contribution in [0.4, 0.5) is 0 Å². The molecule has 0 aromatic heterocycles. The van der Waals surface area contributed by atoms with Gasteiger partial charge < -0.3 is 0 Å². The Kier molecular flexibility index (Phi) is 2.17. The molecule has 0 radical (unpaired) electrons. The molecule has 0 bridgehead atoms. The summed E-state index contributed by atoms with van der Waals surface area (Å²) >= 11 is 0. The number of aryl methyl sites for hydroxylation is 1. The van der Waals surface area contributed by atoms with Crippen LogP contribution in [0.5, 0.6) is 0 Å². The van der Waals surface area contributed by atoms with E-state index in [1.165, 1.54) is 54.9 Å². The number of fused-ring (bicyclic) bond motifs is 7. The minimum absolute atomic E-state index is 1.34. The van der Waals surface area contributed by atoms with Gasteiger partial charge in [0.15, 0.2) is 0 Å². The van der Waals surface area contributed by atoms with Crippen molar-refractivity contribution in [2.24, 2.45) is 0 Å². The first-order chi connectivity index (χ1) is 10.7. The fourth-order valence-corrected chi connectivity index (χ4v) is 3.84. The Morgan fingerprint density at radius 3 is 2.14 bits per heavy atom. The van der Waals surface area contributed by atoms with E-state index in [9.17, 15) is 0 Å². The average Bonchev–Trinajstić information content (AvgIpc) is 3.09. The van der Waals surface area contributed by atoms with Gasteiger partial charge in [0.25, 0.3) is 0 Å². The van der Waals surface area contributed by atoms with Crippen LogP contribution in [0.2, 0.25) is 0 Å². The highest BCUT2D eigenvalue weighted by atomic mass is 14.2. The summed E-state index contributed by atoms with van der Waals surface area (Å²) < 4.78 is 0. The molecule has 5 rings (SSSR count). The molecule has 0 heterocycles. The quantitative estimate of drug-likeness (QED) is 0.403. The fraction of sp³-hybridized carbons (Fsp3) is 0.0909. The van der Waals surface area contributed by atoms with Gasteiger partial charge in [-0.1, -0.05) is 48.5 Å². The standard InChI is InChI=1S/C22H16/c1-13-7-8-18-19-10-9-17-16-6-4-3-5-15(16)11-21(17)22(19)12-20(18)14(13)2/h3-12H,1-2H3. The average molecular weight is 280 g/mol. The second kappa shape index (κ2) is 3.98. The SMILES string of the molecule is Cc1ccc2c(c1C)C=c1c-2ccc2c1=Cc1ccccc1-2. The van der Waals surface area contributed by atoms with Crippen molar-refractivity contribution in [3.05, 3.63) is 81.2 Å².